The van der Waals surface area contributed by atoms with Gasteiger partial charge in [0, 0.05) is 31.5 Å². The van der Waals surface area contributed by atoms with Gasteiger partial charge in [0.25, 0.3) is 0 Å². The molecule has 3 nitrogen and oxygen atoms in total. The first-order chi connectivity index (χ1) is 11.4. The van der Waals surface area contributed by atoms with Crippen molar-refractivity contribution >= 4 is 5.91 Å². The molecule has 24 heavy (non-hydrogen) atoms. The van der Waals surface area contributed by atoms with E-state index in [-0.39, 0.29) is 30.0 Å². The molecule has 2 atom stereocenters. The van der Waals surface area contributed by atoms with E-state index in [9.17, 15) is 4.79 Å². The van der Waals surface area contributed by atoms with Gasteiger partial charge in [-0.15, -0.1) is 0 Å². The minimum absolute atomic E-state index is 0.143. The van der Waals surface area contributed by atoms with Crippen molar-refractivity contribution in [3.05, 3.63) is 60.3 Å². The van der Waals surface area contributed by atoms with Gasteiger partial charge >= 0.3 is 0 Å². The van der Waals surface area contributed by atoms with Gasteiger partial charge in [-0.3, -0.25) is 4.79 Å². The van der Waals surface area contributed by atoms with Crippen LogP contribution in [0.25, 0.3) is 0 Å². The van der Waals surface area contributed by atoms with E-state index in [2.05, 4.69) is 82.3 Å². The van der Waals surface area contributed by atoms with Gasteiger partial charge in [-0.25, -0.2) is 0 Å². The molecule has 0 radical (unpaired) electrons. The molecule has 1 heterocycles. The Morgan fingerprint density at radius 1 is 1.08 bits per heavy atom. The summed E-state index contributed by atoms with van der Waals surface area (Å²) >= 11 is 0. The van der Waals surface area contributed by atoms with Gasteiger partial charge in [-0.1, -0.05) is 42.5 Å². The van der Waals surface area contributed by atoms with Crippen molar-refractivity contribution in [3.63, 3.8) is 0 Å². The Balaban J connectivity index is 2.28. The van der Waals surface area contributed by atoms with Gasteiger partial charge < -0.3 is 9.80 Å². The normalized spacial score (nSPS) is 18.3. The fourth-order valence-electron chi connectivity index (χ4n) is 3.62. The number of likely N-dealkylation sites (N-methyl/N-ethyl adjacent to an activating group) is 1. The highest BCUT2D eigenvalue weighted by Gasteiger charge is 2.30. The second-order valence-electron chi connectivity index (χ2n) is 7.09. The van der Waals surface area contributed by atoms with Crippen molar-refractivity contribution in [1.29, 1.82) is 0 Å². The first-order valence-electron chi connectivity index (χ1n) is 8.84. The molecule has 2 rings (SSSR count). The maximum Gasteiger partial charge on any atom is 0.223 e. The molecule has 0 saturated heterocycles. The SMILES string of the molecule is CC(C)N(C(=O)CC(c1ccccc1)C1C=CC=CN1C)C(C)C. The van der Waals surface area contributed by atoms with Gasteiger partial charge in [0.15, 0.2) is 0 Å². The van der Waals surface area contributed by atoms with Crippen LogP contribution in [-0.4, -0.2) is 40.9 Å². The summed E-state index contributed by atoms with van der Waals surface area (Å²) in [6.07, 6.45) is 8.91. The summed E-state index contributed by atoms with van der Waals surface area (Å²) in [6.45, 7) is 8.35. The topological polar surface area (TPSA) is 23.6 Å². The Morgan fingerprint density at radius 2 is 1.71 bits per heavy atom. The third-order valence-electron chi connectivity index (χ3n) is 4.65. The van der Waals surface area contributed by atoms with Crippen LogP contribution in [0, 0.1) is 0 Å². The van der Waals surface area contributed by atoms with Crippen molar-refractivity contribution in [3.8, 4) is 0 Å². The number of benzene rings is 1. The molecule has 1 aromatic rings. The number of carbonyl (C=O) groups excluding carboxylic acids is 1. The van der Waals surface area contributed by atoms with E-state index in [0.717, 1.165) is 0 Å². The zero-order valence-corrected chi connectivity index (χ0v) is 15.5. The predicted octanol–water partition coefficient (Wildman–Crippen LogP) is 4.19. The van der Waals surface area contributed by atoms with Crippen LogP contribution in [0.15, 0.2) is 54.8 Å². The number of nitrogens with zero attached hydrogens (tertiary/aromatic N) is 2. The highest BCUT2D eigenvalue weighted by atomic mass is 16.2. The Hall–Kier alpha value is -2.03. The molecule has 1 aliphatic rings. The Morgan fingerprint density at radius 3 is 2.25 bits per heavy atom. The highest BCUT2D eigenvalue weighted by molar-refractivity contribution is 5.78. The minimum atomic E-state index is 0.143. The van der Waals surface area contributed by atoms with Crippen molar-refractivity contribution in [2.75, 3.05) is 7.05 Å². The van der Waals surface area contributed by atoms with Crippen LogP contribution in [0.3, 0.4) is 0 Å². The van der Waals surface area contributed by atoms with E-state index in [1.807, 2.05) is 17.0 Å². The molecule has 3 heteroatoms. The predicted molar refractivity (Wildman–Crippen MR) is 101 cm³/mol. The second-order valence-corrected chi connectivity index (χ2v) is 7.09. The third kappa shape index (κ3) is 4.28. The first kappa shape index (κ1) is 18.3. The molecular formula is C21H30N2O. The molecule has 130 valence electrons. The maximum absolute atomic E-state index is 13.0. The standard InChI is InChI=1S/C21H30N2O/c1-16(2)23(17(3)4)21(24)15-19(18-11-7-6-8-12-18)20-13-9-10-14-22(20)5/h6-14,16-17,19-20H,15H2,1-5H3. The van der Waals surface area contributed by atoms with Crippen molar-refractivity contribution < 1.29 is 4.79 Å². The van der Waals surface area contributed by atoms with Gasteiger partial charge in [-0.05, 0) is 45.5 Å². The summed E-state index contributed by atoms with van der Waals surface area (Å²) < 4.78 is 0. The van der Waals surface area contributed by atoms with E-state index in [1.165, 1.54) is 5.56 Å². The van der Waals surface area contributed by atoms with Crippen LogP contribution < -0.4 is 0 Å². The van der Waals surface area contributed by atoms with E-state index in [4.69, 9.17) is 0 Å². The van der Waals surface area contributed by atoms with Crippen LogP contribution in [0.4, 0.5) is 0 Å². The summed E-state index contributed by atoms with van der Waals surface area (Å²) in [4.78, 5) is 17.2. The van der Waals surface area contributed by atoms with Crippen LogP contribution in [-0.2, 0) is 4.79 Å². The van der Waals surface area contributed by atoms with Gasteiger partial charge in [0.1, 0.15) is 0 Å². The van der Waals surface area contributed by atoms with Gasteiger partial charge in [-0.2, -0.15) is 0 Å². The fourth-order valence-corrected chi connectivity index (χ4v) is 3.62. The van der Waals surface area contributed by atoms with Crippen LogP contribution >= 0.6 is 0 Å². The van der Waals surface area contributed by atoms with Gasteiger partial charge in [0.2, 0.25) is 5.91 Å². The molecular weight excluding hydrogens is 296 g/mol. The number of hydrogen-bond donors (Lipinski definition) is 0. The molecule has 0 fully saturated rings. The van der Waals surface area contributed by atoms with E-state index in [1.54, 1.807) is 0 Å². The fraction of sp³-hybridized carbons (Fsp3) is 0.476. The summed E-state index contributed by atoms with van der Waals surface area (Å²) in [5.41, 5.74) is 1.22. The molecule has 0 spiro atoms. The van der Waals surface area contributed by atoms with E-state index in [0.29, 0.717) is 6.42 Å². The first-order valence-corrected chi connectivity index (χ1v) is 8.84. The Labute approximate surface area is 146 Å². The molecule has 1 aromatic carbocycles. The number of amides is 1. The largest absolute Gasteiger partial charge is 0.373 e. The summed E-state index contributed by atoms with van der Waals surface area (Å²) in [6, 6.07) is 11.0. The average molecular weight is 326 g/mol. The monoisotopic (exact) mass is 326 g/mol. The van der Waals surface area contributed by atoms with E-state index < -0.39 is 0 Å². The van der Waals surface area contributed by atoms with Gasteiger partial charge in [0.05, 0.1) is 6.04 Å². The lowest BCUT2D eigenvalue weighted by Crippen LogP contribution is -2.44. The summed E-state index contributed by atoms with van der Waals surface area (Å²) in [5, 5.41) is 0. The van der Waals surface area contributed by atoms with Crippen molar-refractivity contribution in [1.82, 2.24) is 9.80 Å². The number of rotatable bonds is 6. The number of hydrogen-bond acceptors (Lipinski definition) is 2. The van der Waals surface area contributed by atoms with E-state index >= 15 is 0 Å². The molecule has 1 amide bonds. The quantitative estimate of drug-likeness (QED) is 0.782. The zero-order chi connectivity index (χ0) is 17.7. The maximum atomic E-state index is 13.0. The van der Waals surface area contributed by atoms with Crippen LogP contribution in [0.1, 0.15) is 45.6 Å². The summed E-state index contributed by atoms with van der Waals surface area (Å²) in [7, 11) is 2.08. The van der Waals surface area contributed by atoms with Crippen LogP contribution in [0.5, 0.6) is 0 Å². The minimum Gasteiger partial charge on any atom is -0.373 e. The number of carbonyl (C=O) groups is 1. The lowest BCUT2D eigenvalue weighted by molar-refractivity contribution is -0.135. The van der Waals surface area contributed by atoms with Crippen molar-refractivity contribution in [2.24, 2.45) is 0 Å². The molecule has 0 aromatic heterocycles. The van der Waals surface area contributed by atoms with Crippen molar-refractivity contribution in [2.45, 2.75) is 58.2 Å². The lowest BCUT2D eigenvalue weighted by atomic mass is 9.86. The Bertz CT molecular complexity index is 581. The molecule has 2 unspecified atom stereocenters. The van der Waals surface area contributed by atoms with Crippen LogP contribution in [0.2, 0.25) is 0 Å². The number of allylic oxidation sites excluding steroid dienone is 2. The molecule has 0 saturated carbocycles. The average Bonchev–Trinajstić information content (AvgIpc) is 2.53. The third-order valence-corrected chi connectivity index (χ3v) is 4.65. The smallest absolute Gasteiger partial charge is 0.223 e. The zero-order valence-electron chi connectivity index (χ0n) is 15.5. The second kappa shape index (κ2) is 8.18. The lowest BCUT2D eigenvalue weighted by Gasteiger charge is -2.36. The highest BCUT2D eigenvalue weighted by Crippen LogP contribution is 2.30. The molecule has 0 N–H and O–H groups in total. The molecule has 1 aliphatic heterocycles. The summed E-state index contributed by atoms with van der Waals surface area (Å²) in [5.74, 6) is 0.370. The Kier molecular flexibility index (Phi) is 6.24. The molecule has 0 aliphatic carbocycles. The molecule has 0 bridgehead atoms.